The monoisotopic (exact) mass is 353 g/mol. The minimum atomic E-state index is 0.00912. The molecule has 2 aliphatic heterocycles. The fourth-order valence-corrected chi connectivity index (χ4v) is 3.57. The average Bonchev–Trinajstić information content (AvgIpc) is 2.73. The lowest BCUT2D eigenvalue weighted by Crippen LogP contribution is -2.48. The third-order valence-corrected chi connectivity index (χ3v) is 5.03. The lowest BCUT2D eigenvalue weighted by Gasteiger charge is -2.38. The normalized spacial score (nSPS) is 19.1. The van der Waals surface area contributed by atoms with Gasteiger partial charge in [-0.05, 0) is 43.2 Å². The number of hydrogen-bond donors (Lipinski definition) is 0. The number of fused-ring (bicyclic) bond motifs is 1. The molecule has 3 heterocycles. The van der Waals surface area contributed by atoms with Gasteiger partial charge in [0.25, 0.3) is 5.91 Å². The molecule has 0 radical (unpaired) electrons. The van der Waals surface area contributed by atoms with E-state index in [-0.39, 0.29) is 11.9 Å². The van der Waals surface area contributed by atoms with E-state index in [2.05, 4.69) is 9.88 Å². The maximum absolute atomic E-state index is 13.0. The number of amides is 1. The molecule has 1 amide bonds. The summed E-state index contributed by atoms with van der Waals surface area (Å²) in [5, 5.41) is 0. The molecular weight excluding hydrogens is 330 g/mol. The second kappa shape index (κ2) is 7.23. The number of carbonyl (C=O) groups is 1. The van der Waals surface area contributed by atoms with E-state index < -0.39 is 0 Å². The van der Waals surface area contributed by atoms with Gasteiger partial charge in [-0.2, -0.15) is 0 Å². The molecule has 1 fully saturated rings. The Balaban J connectivity index is 1.48. The number of rotatable bonds is 3. The molecule has 0 saturated carbocycles. The molecule has 0 bridgehead atoms. The molecule has 0 spiro atoms. The van der Waals surface area contributed by atoms with E-state index in [1.807, 2.05) is 48.5 Å². The second-order valence-electron chi connectivity index (χ2n) is 6.70. The topological polar surface area (TPSA) is 54.9 Å². The molecular formula is C20H23N3O3. The fourth-order valence-electron chi connectivity index (χ4n) is 3.57. The third-order valence-electron chi connectivity index (χ3n) is 5.03. The Labute approximate surface area is 153 Å². The van der Waals surface area contributed by atoms with Gasteiger partial charge in [-0.3, -0.25) is 4.79 Å². The molecule has 4 rings (SSSR count). The van der Waals surface area contributed by atoms with Crippen LogP contribution in [0.4, 0.5) is 5.82 Å². The number of piperidine rings is 1. The molecule has 26 heavy (non-hydrogen) atoms. The lowest BCUT2D eigenvalue weighted by atomic mass is 10.0. The van der Waals surface area contributed by atoms with Gasteiger partial charge in [0.2, 0.25) is 0 Å². The van der Waals surface area contributed by atoms with Crippen molar-refractivity contribution in [1.82, 2.24) is 9.88 Å². The zero-order valence-electron chi connectivity index (χ0n) is 14.9. The molecule has 1 saturated heterocycles. The molecule has 1 unspecified atom stereocenters. The van der Waals surface area contributed by atoms with Gasteiger partial charge < -0.3 is 19.3 Å². The maximum atomic E-state index is 13.0. The summed E-state index contributed by atoms with van der Waals surface area (Å²) in [6, 6.07) is 11.5. The van der Waals surface area contributed by atoms with Crippen molar-refractivity contribution in [2.24, 2.45) is 0 Å². The predicted octanol–water partition coefficient (Wildman–Crippen LogP) is 2.59. The molecule has 1 aromatic carbocycles. The molecule has 0 N–H and O–H groups in total. The van der Waals surface area contributed by atoms with Crippen molar-refractivity contribution in [2.75, 3.05) is 38.3 Å². The lowest BCUT2D eigenvalue weighted by molar-refractivity contribution is 0.0716. The molecule has 6 heteroatoms. The Hall–Kier alpha value is -2.76. The highest BCUT2D eigenvalue weighted by atomic mass is 16.6. The SMILES string of the molecule is CN(C(=O)c1ccc2c(c1)OCCO2)C1CCCN(c2ccccn2)C1. The van der Waals surface area contributed by atoms with Crippen LogP contribution in [0.3, 0.4) is 0 Å². The smallest absolute Gasteiger partial charge is 0.254 e. The first kappa shape index (κ1) is 16.7. The van der Waals surface area contributed by atoms with E-state index in [1.54, 1.807) is 6.07 Å². The summed E-state index contributed by atoms with van der Waals surface area (Å²) in [5.74, 6) is 2.33. The highest BCUT2D eigenvalue weighted by molar-refractivity contribution is 5.95. The van der Waals surface area contributed by atoms with Crippen LogP contribution in [0.2, 0.25) is 0 Å². The number of benzene rings is 1. The number of likely N-dealkylation sites (N-methyl/N-ethyl adjacent to an activating group) is 1. The number of ether oxygens (including phenoxy) is 2. The summed E-state index contributed by atoms with van der Waals surface area (Å²) in [6.07, 6.45) is 3.85. The summed E-state index contributed by atoms with van der Waals surface area (Å²) in [7, 11) is 1.88. The number of nitrogens with zero attached hydrogens (tertiary/aromatic N) is 3. The van der Waals surface area contributed by atoms with Crippen molar-refractivity contribution in [3.63, 3.8) is 0 Å². The van der Waals surface area contributed by atoms with Crippen LogP contribution < -0.4 is 14.4 Å². The van der Waals surface area contributed by atoms with Crippen LogP contribution >= 0.6 is 0 Å². The van der Waals surface area contributed by atoms with Crippen LogP contribution in [-0.2, 0) is 0 Å². The van der Waals surface area contributed by atoms with Gasteiger partial charge in [-0.1, -0.05) is 6.07 Å². The first-order valence-electron chi connectivity index (χ1n) is 9.05. The summed E-state index contributed by atoms with van der Waals surface area (Å²) < 4.78 is 11.1. The van der Waals surface area contributed by atoms with E-state index in [0.29, 0.717) is 30.3 Å². The van der Waals surface area contributed by atoms with Crippen molar-refractivity contribution in [1.29, 1.82) is 0 Å². The van der Waals surface area contributed by atoms with Crippen molar-refractivity contribution in [2.45, 2.75) is 18.9 Å². The van der Waals surface area contributed by atoms with Gasteiger partial charge in [0.15, 0.2) is 11.5 Å². The first-order chi connectivity index (χ1) is 12.7. The Morgan fingerprint density at radius 2 is 2.04 bits per heavy atom. The van der Waals surface area contributed by atoms with Gasteiger partial charge in [-0.25, -0.2) is 4.98 Å². The van der Waals surface area contributed by atoms with Gasteiger partial charge in [-0.15, -0.1) is 0 Å². The van der Waals surface area contributed by atoms with E-state index in [4.69, 9.17) is 9.47 Å². The van der Waals surface area contributed by atoms with Crippen molar-refractivity contribution >= 4 is 11.7 Å². The van der Waals surface area contributed by atoms with E-state index in [9.17, 15) is 4.79 Å². The molecule has 2 aliphatic rings. The van der Waals surface area contributed by atoms with Crippen LogP contribution in [0, 0.1) is 0 Å². The van der Waals surface area contributed by atoms with Crippen molar-refractivity contribution in [3.05, 3.63) is 48.2 Å². The quantitative estimate of drug-likeness (QED) is 0.849. The number of hydrogen-bond acceptors (Lipinski definition) is 5. The summed E-state index contributed by atoms with van der Waals surface area (Å²) in [6.45, 7) is 2.83. The van der Waals surface area contributed by atoms with Gasteiger partial charge in [0.1, 0.15) is 19.0 Å². The minimum absolute atomic E-state index is 0.00912. The Bertz CT molecular complexity index is 781. The van der Waals surface area contributed by atoms with Crippen LogP contribution in [0.1, 0.15) is 23.2 Å². The molecule has 1 aromatic heterocycles. The maximum Gasteiger partial charge on any atom is 0.254 e. The van der Waals surface area contributed by atoms with Crippen molar-refractivity contribution in [3.8, 4) is 11.5 Å². The zero-order chi connectivity index (χ0) is 17.9. The Morgan fingerprint density at radius 1 is 1.19 bits per heavy atom. The highest BCUT2D eigenvalue weighted by Crippen LogP contribution is 2.31. The van der Waals surface area contributed by atoms with E-state index >= 15 is 0 Å². The van der Waals surface area contributed by atoms with Crippen LogP contribution in [0.25, 0.3) is 0 Å². The largest absolute Gasteiger partial charge is 0.486 e. The Morgan fingerprint density at radius 3 is 2.85 bits per heavy atom. The van der Waals surface area contributed by atoms with Crippen LogP contribution in [0.15, 0.2) is 42.6 Å². The Kier molecular flexibility index (Phi) is 4.65. The number of anilines is 1. The van der Waals surface area contributed by atoms with E-state index in [1.165, 1.54) is 0 Å². The summed E-state index contributed by atoms with van der Waals surface area (Å²) in [5.41, 5.74) is 0.631. The molecule has 1 atom stereocenters. The van der Waals surface area contributed by atoms with Gasteiger partial charge >= 0.3 is 0 Å². The number of carbonyl (C=O) groups excluding carboxylic acids is 1. The second-order valence-corrected chi connectivity index (χ2v) is 6.70. The molecule has 2 aromatic rings. The van der Waals surface area contributed by atoms with E-state index in [0.717, 1.165) is 31.7 Å². The van der Waals surface area contributed by atoms with Gasteiger partial charge in [0, 0.05) is 37.9 Å². The number of pyridine rings is 1. The van der Waals surface area contributed by atoms with Gasteiger partial charge in [0.05, 0.1) is 0 Å². The molecule has 6 nitrogen and oxygen atoms in total. The summed E-state index contributed by atoms with van der Waals surface area (Å²) in [4.78, 5) is 21.5. The fraction of sp³-hybridized carbons (Fsp3) is 0.400. The third kappa shape index (κ3) is 3.31. The number of aromatic nitrogens is 1. The zero-order valence-corrected chi connectivity index (χ0v) is 14.9. The predicted molar refractivity (Wildman–Crippen MR) is 99.0 cm³/mol. The standard InChI is InChI=1S/C20H23N3O3/c1-22(16-5-4-10-23(14-16)19-6-2-3-9-21-19)20(24)15-7-8-17-18(13-15)26-12-11-25-17/h2-3,6-9,13,16H,4-5,10-12,14H2,1H3. The van der Waals surface area contributed by atoms with Crippen LogP contribution in [0.5, 0.6) is 11.5 Å². The highest BCUT2D eigenvalue weighted by Gasteiger charge is 2.28. The van der Waals surface area contributed by atoms with Crippen LogP contribution in [-0.4, -0.2) is 55.2 Å². The molecule has 136 valence electrons. The minimum Gasteiger partial charge on any atom is -0.486 e. The average molecular weight is 353 g/mol. The summed E-state index contributed by atoms with van der Waals surface area (Å²) >= 11 is 0. The first-order valence-corrected chi connectivity index (χ1v) is 9.05. The molecule has 0 aliphatic carbocycles. The van der Waals surface area contributed by atoms with Crippen molar-refractivity contribution < 1.29 is 14.3 Å².